The minimum Gasteiger partial charge on any atom is -0.493 e. The van der Waals surface area contributed by atoms with E-state index in [2.05, 4.69) is 15.9 Å². The van der Waals surface area contributed by atoms with Crippen molar-refractivity contribution in [2.75, 3.05) is 20.3 Å². The van der Waals surface area contributed by atoms with Gasteiger partial charge in [0.25, 0.3) is 0 Å². The Labute approximate surface area is 85.4 Å². The molecule has 72 valence electrons. The zero-order chi connectivity index (χ0) is 9.68. The number of methoxy groups -OCH3 is 1. The molecule has 0 heterocycles. The summed E-state index contributed by atoms with van der Waals surface area (Å²) in [5.74, 6) is 1.28. The Morgan fingerprint density at radius 3 is 2.85 bits per heavy atom. The van der Waals surface area contributed by atoms with E-state index in [4.69, 9.17) is 14.6 Å². The van der Waals surface area contributed by atoms with Crippen molar-refractivity contribution in [3.8, 4) is 11.5 Å². The lowest BCUT2D eigenvalue weighted by Gasteiger charge is -2.10. The number of rotatable bonds is 4. The zero-order valence-electron chi connectivity index (χ0n) is 7.29. The number of aliphatic hydroxyl groups excluding tert-OH is 1. The monoisotopic (exact) mass is 246 g/mol. The second-order valence-corrected chi connectivity index (χ2v) is 3.20. The van der Waals surface area contributed by atoms with Crippen LogP contribution in [0.15, 0.2) is 22.7 Å². The second kappa shape index (κ2) is 5.09. The number of ether oxygens (including phenoxy) is 2. The Hall–Kier alpha value is -0.740. The molecule has 1 aromatic carbocycles. The Morgan fingerprint density at radius 1 is 1.46 bits per heavy atom. The fourth-order valence-electron chi connectivity index (χ4n) is 0.938. The van der Waals surface area contributed by atoms with Gasteiger partial charge in [-0.25, -0.2) is 0 Å². The van der Waals surface area contributed by atoms with Crippen LogP contribution in [0.4, 0.5) is 0 Å². The third kappa shape index (κ3) is 2.60. The van der Waals surface area contributed by atoms with Crippen LogP contribution in [0.2, 0.25) is 0 Å². The molecule has 0 aliphatic heterocycles. The molecule has 0 atom stereocenters. The number of aliphatic hydroxyl groups is 1. The summed E-state index contributed by atoms with van der Waals surface area (Å²) in [5.41, 5.74) is 0. The summed E-state index contributed by atoms with van der Waals surface area (Å²) in [6.45, 7) is 0.253. The van der Waals surface area contributed by atoms with E-state index >= 15 is 0 Å². The van der Waals surface area contributed by atoms with Gasteiger partial charge < -0.3 is 14.6 Å². The van der Waals surface area contributed by atoms with E-state index < -0.39 is 0 Å². The molecule has 0 saturated heterocycles. The molecular formula is C9H11BrO3. The molecule has 0 spiro atoms. The molecule has 0 bridgehead atoms. The molecule has 4 heteroatoms. The van der Waals surface area contributed by atoms with Crippen LogP contribution < -0.4 is 9.47 Å². The molecule has 1 aromatic rings. The molecule has 1 rings (SSSR count). The standard InChI is InChI=1S/C9H11BrO3/c1-12-8-4-2-3-7(10)9(8)13-6-5-11/h2-4,11H,5-6H2,1H3. The van der Waals surface area contributed by atoms with Gasteiger partial charge in [0.2, 0.25) is 0 Å². The number of hydrogen-bond acceptors (Lipinski definition) is 3. The lowest BCUT2D eigenvalue weighted by molar-refractivity contribution is 0.195. The highest BCUT2D eigenvalue weighted by molar-refractivity contribution is 9.10. The minimum absolute atomic E-state index is 0.00944. The Balaban J connectivity index is 2.87. The number of hydrogen-bond donors (Lipinski definition) is 1. The smallest absolute Gasteiger partial charge is 0.175 e. The number of para-hydroxylation sites is 1. The highest BCUT2D eigenvalue weighted by Crippen LogP contribution is 2.34. The molecule has 0 saturated carbocycles. The number of halogens is 1. The van der Waals surface area contributed by atoms with Crippen LogP contribution >= 0.6 is 15.9 Å². The van der Waals surface area contributed by atoms with Crippen LogP contribution in [0.1, 0.15) is 0 Å². The highest BCUT2D eigenvalue weighted by Gasteiger charge is 2.07. The van der Waals surface area contributed by atoms with Crippen LogP contribution in [0.3, 0.4) is 0 Å². The second-order valence-electron chi connectivity index (χ2n) is 2.34. The maximum atomic E-state index is 8.60. The van der Waals surface area contributed by atoms with Gasteiger partial charge in [-0.1, -0.05) is 6.07 Å². The summed E-state index contributed by atoms with van der Waals surface area (Å²) in [6.07, 6.45) is 0. The fraction of sp³-hybridized carbons (Fsp3) is 0.333. The maximum Gasteiger partial charge on any atom is 0.175 e. The molecule has 1 N–H and O–H groups in total. The van der Waals surface area contributed by atoms with E-state index in [-0.39, 0.29) is 13.2 Å². The van der Waals surface area contributed by atoms with Gasteiger partial charge in [-0.2, -0.15) is 0 Å². The van der Waals surface area contributed by atoms with E-state index in [9.17, 15) is 0 Å². The third-order valence-corrected chi connectivity index (χ3v) is 2.11. The van der Waals surface area contributed by atoms with Crippen molar-refractivity contribution in [2.24, 2.45) is 0 Å². The van der Waals surface area contributed by atoms with Crippen molar-refractivity contribution in [3.05, 3.63) is 22.7 Å². The van der Waals surface area contributed by atoms with Gasteiger partial charge in [-0.3, -0.25) is 0 Å². The predicted octanol–water partition coefficient (Wildman–Crippen LogP) is 1.83. The molecular weight excluding hydrogens is 236 g/mol. The van der Waals surface area contributed by atoms with Crippen LogP contribution in [-0.2, 0) is 0 Å². The van der Waals surface area contributed by atoms with Gasteiger partial charge in [0.05, 0.1) is 18.2 Å². The summed E-state index contributed by atoms with van der Waals surface area (Å²) in [6, 6.07) is 5.52. The zero-order valence-corrected chi connectivity index (χ0v) is 8.87. The lowest BCUT2D eigenvalue weighted by atomic mass is 10.3. The van der Waals surface area contributed by atoms with E-state index in [1.54, 1.807) is 13.2 Å². The normalized spacial score (nSPS) is 9.77. The Morgan fingerprint density at radius 2 is 2.23 bits per heavy atom. The van der Waals surface area contributed by atoms with Gasteiger partial charge in [-0.05, 0) is 28.1 Å². The average molecular weight is 247 g/mol. The largest absolute Gasteiger partial charge is 0.493 e. The Bertz CT molecular complexity index is 276. The molecule has 13 heavy (non-hydrogen) atoms. The third-order valence-electron chi connectivity index (χ3n) is 1.49. The minimum atomic E-state index is -0.00944. The Kier molecular flexibility index (Phi) is 4.05. The first-order chi connectivity index (χ1) is 6.29. The summed E-state index contributed by atoms with van der Waals surface area (Å²) < 4.78 is 11.2. The van der Waals surface area contributed by atoms with Crippen molar-refractivity contribution in [3.63, 3.8) is 0 Å². The van der Waals surface area contributed by atoms with Crippen molar-refractivity contribution < 1.29 is 14.6 Å². The molecule has 3 nitrogen and oxygen atoms in total. The van der Waals surface area contributed by atoms with Gasteiger partial charge in [0, 0.05) is 0 Å². The summed E-state index contributed by atoms with van der Waals surface area (Å²) in [4.78, 5) is 0. The average Bonchev–Trinajstić information content (AvgIpc) is 2.15. The molecule has 0 radical (unpaired) electrons. The van der Waals surface area contributed by atoms with Gasteiger partial charge in [0.15, 0.2) is 11.5 Å². The van der Waals surface area contributed by atoms with Crippen molar-refractivity contribution >= 4 is 15.9 Å². The van der Waals surface area contributed by atoms with Crippen molar-refractivity contribution in [2.45, 2.75) is 0 Å². The van der Waals surface area contributed by atoms with Crippen molar-refractivity contribution in [1.29, 1.82) is 0 Å². The fourth-order valence-corrected chi connectivity index (χ4v) is 1.40. The lowest BCUT2D eigenvalue weighted by Crippen LogP contribution is -2.03. The molecule has 0 aromatic heterocycles. The van der Waals surface area contributed by atoms with E-state index in [0.29, 0.717) is 11.5 Å². The van der Waals surface area contributed by atoms with Crippen LogP contribution in [-0.4, -0.2) is 25.4 Å². The van der Waals surface area contributed by atoms with Crippen LogP contribution in [0.5, 0.6) is 11.5 Å². The first-order valence-electron chi connectivity index (χ1n) is 3.85. The first-order valence-corrected chi connectivity index (χ1v) is 4.65. The molecule has 0 aliphatic carbocycles. The van der Waals surface area contributed by atoms with Crippen LogP contribution in [0, 0.1) is 0 Å². The van der Waals surface area contributed by atoms with Crippen molar-refractivity contribution in [1.82, 2.24) is 0 Å². The highest BCUT2D eigenvalue weighted by atomic mass is 79.9. The van der Waals surface area contributed by atoms with E-state index in [1.165, 1.54) is 0 Å². The van der Waals surface area contributed by atoms with E-state index in [0.717, 1.165) is 4.47 Å². The maximum absolute atomic E-state index is 8.60. The molecule has 0 unspecified atom stereocenters. The SMILES string of the molecule is COc1cccc(Br)c1OCCO. The topological polar surface area (TPSA) is 38.7 Å². The predicted molar refractivity (Wildman–Crippen MR) is 53.3 cm³/mol. The van der Waals surface area contributed by atoms with Gasteiger partial charge in [-0.15, -0.1) is 0 Å². The summed E-state index contributed by atoms with van der Waals surface area (Å²) in [5, 5.41) is 8.60. The first kappa shape index (κ1) is 10.3. The molecule has 0 aliphatic rings. The van der Waals surface area contributed by atoms with Gasteiger partial charge >= 0.3 is 0 Å². The molecule has 0 amide bonds. The van der Waals surface area contributed by atoms with E-state index in [1.807, 2.05) is 12.1 Å². The van der Waals surface area contributed by atoms with Crippen LogP contribution in [0.25, 0.3) is 0 Å². The summed E-state index contributed by atoms with van der Waals surface area (Å²) in [7, 11) is 1.58. The van der Waals surface area contributed by atoms with Gasteiger partial charge in [0.1, 0.15) is 6.61 Å². The summed E-state index contributed by atoms with van der Waals surface area (Å²) >= 11 is 3.33. The quantitative estimate of drug-likeness (QED) is 0.882. The molecule has 0 fully saturated rings. The number of benzene rings is 1.